The molecule has 1 aliphatic rings. The van der Waals surface area contributed by atoms with Gasteiger partial charge in [0.25, 0.3) is 0 Å². The third kappa shape index (κ3) is 5.08. The molecule has 0 aliphatic heterocycles. The van der Waals surface area contributed by atoms with Crippen LogP contribution in [0, 0.1) is 0 Å². The Morgan fingerprint density at radius 2 is 1.00 bits per heavy atom. The summed E-state index contributed by atoms with van der Waals surface area (Å²) in [5, 5.41) is 5.39. The van der Waals surface area contributed by atoms with E-state index in [0.717, 1.165) is 100 Å². The molecule has 4 heteroatoms. The first-order chi connectivity index (χ1) is 25.3. The van der Waals surface area contributed by atoms with Gasteiger partial charge in [-0.25, -0.2) is 19.9 Å². The van der Waals surface area contributed by atoms with Crippen molar-refractivity contribution in [1.29, 1.82) is 0 Å². The topological polar surface area (TPSA) is 51.6 Å². The largest absolute Gasteiger partial charge is 0.246 e. The second-order valence-electron chi connectivity index (χ2n) is 13.0. The third-order valence-corrected chi connectivity index (χ3v) is 9.87. The van der Waals surface area contributed by atoms with Gasteiger partial charge in [-0.05, 0) is 47.9 Å². The Hall–Kier alpha value is -6.78. The maximum atomic E-state index is 5.28. The Labute approximate surface area is 294 Å². The van der Waals surface area contributed by atoms with E-state index in [-0.39, 0.29) is 0 Å². The van der Waals surface area contributed by atoms with Crippen molar-refractivity contribution in [2.45, 2.75) is 6.42 Å². The molecule has 0 saturated carbocycles. The highest BCUT2D eigenvalue weighted by molar-refractivity contribution is 6.16. The molecule has 51 heavy (non-hydrogen) atoms. The van der Waals surface area contributed by atoms with Crippen molar-refractivity contribution in [2.75, 3.05) is 0 Å². The van der Waals surface area contributed by atoms with Crippen molar-refractivity contribution in [1.82, 2.24) is 19.9 Å². The highest BCUT2D eigenvalue weighted by Crippen LogP contribution is 2.39. The van der Waals surface area contributed by atoms with E-state index in [4.69, 9.17) is 19.9 Å². The number of para-hydroxylation sites is 1. The molecular weight excluding hydrogens is 621 g/mol. The molecule has 9 aromatic rings. The van der Waals surface area contributed by atoms with E-state index in [1.807, 2.05) is 18.2 Å². The van der Waals surface area contributed by atoms with Gasteiger partial charge in [0.05, 0.1) is 44.7 Å². The normalized spacial score (nSPS) is 13.0. The predicted molar refractivity (Wildman–Crippen MR) is 212 cm³/mol. The minimum atomic E-state index is 0.847. The summed E-state index contributed by atoms with van der Waals surface area (Å²) in [5.74, 6) is 0. The number of hydrogen-bond donors (Lipinski definition) is 0. The van der Waals surface area contributed by atoms with Crippen LogP contribution in [0.25, 0.3) is 93.7 Å². The molecule has 4 nitrogen and oxygen atoms in total. The number of allylic oxidation sites excluding steroid dienone is 6. The Morgan fingerprint density at radius 1 is 0.392 bits per heavy atom. The predicted octanol–water partition coefficient (Wildman–Crippen LogP) is 11.9. The van der Waals surface area contributed by atoms with E-state index in [1.165, 1.54) is 5.57 Å². The van der Waals surface area contributed by atoms with Crippen LogP contribution in [0.15, 0.2) is 170 Å². The van der Waals surface area contributed by atoms with E-state index in [2.05, 4.69) is 152 Å². The maximum absolute atomic E-state index is 5.28. The number of nitrogens with zero attached hydrogens (tertiary/aromatic N) is 4. The van der Waals surface area contributed by atoms with Crippen LogP contribution in [0.4, 0.5) is 0 Å². The van der Waals surface area contributed by atoms with E-state index >= 15 is 0 Å². The summed E-state index contributed by atoms with van der Waals surface area (Å²) in [6.45, 7) is 0. The Balaban J connectivity index is 1.15. The van der Waals surface area contributed by atoms with Gasteiger partial charge in [-0.15, -0.1) is 0 Å². The number of rotatable bonds is 4. The molecule has 0 spiro atoms. The highest BCUT2D eigenvalue weighted by atomic mass is 14.8. The van der Waals surface area contributed by atoms with Crippen molar-refractivity contribution < 1.29 is 0 Å². The summed E-state index contributed by atoms with van der Waals surface area (Å²) >= 11 is 0. The molecule has 4 heterocycles. The van der Waals surface area contributed by atoms with Crippen molar-refractivity contribution in [3.8, 4) is 33.6 Å². The third-order valence-electron chi connectivity index (χ3n) is 9.87. The van der Waals surface area contributed by atoms with E-state index in [1.54, 1.807) is 0 Å². The lowest BCUT2D eigenvalue weighted by atomic mass is 9.93. The molecule has 0 amide bonds. The number of hydrogen-bond acceptors (Lipinski definition) is 4. The first kappa shape index (κ1) is 29.2. The molecule has 0 N–H and O–H groups in total. The Bertz CT molecular complexity index is 2940. The SMILES string of the molecule is C1=CC=C(c2ccc3ccc4ccc(-c5cccc(-c6c7ccccc7nc7c6ccc6ccc(-c8ccccc8)nc67)c5)nc4c3n2)CC=C1. The first-order valence-electron chi connectivity index (χ1n) is 17.3. The smallest absolute Gasteiger partial charge is 0.0978 e. The van der Waals surface area contributed by atoms with Gasteiger partial charge >= 0.3 is 0 Å². The average Bonchev–Trinajstić information content (AvgIpc) is 3.50. The summed E-state index contributed by atoms with van der Waals surface area (Å²) in [5.41, 5.74) is 13.0. The standard InChI is InChI=1S/C47H30N4/c1-2-5-12-30(11-4-1)39-26-22-32-19-20-33-24-28-41(50-45(33)44(32)48-39)35-15-10-16-36(29-35)43-37-17-8-9-18-42(37)51-47-38(43)25-21-34-23-27-40(49-46(34)47)31-13-6-3-7-14-31/h1-11,13-29H,12H2. The van der Waals surface area contributed by atoms with E-state index in [0.29, 0.717) is 0 Å². The number of pyridine rings is 4. The van der Waals surface area contributed by atoms with Crippen LogP contribution in [-0.4, -0.2) is 19.9 Å². The number of benzene rings is 5. The second kappa shape index (κ2) is 12.0. The van der Waals surface area contributed by atoms with Gasteiger partial charge in [0.2, 0.25) is 0 Å². The fourth-order valence-electron chi connectivity index (χ4n) is 7.33. The maximum Gasteiger partial charge on any atom is 0.0978 e. The first-order valence-corrected chi connectivity index (χ1v) is 17.3. The summed E-state index contributed by atoms with van der Waals surface area (Å²) in [4.78, 5) is 20.9. The minimum absolute atomic E-state index is 0.847. The fourth-order valence-corrected chi connectivity index (χ4v) is 7.33. The lowest BCUT2D eigenvalue weighted by molar-refractivity contribution is 1.28. The number of aromatic nitrogens is 4. The summed E-state index contributed by atoms with van der Waals surface area (Å²) in [6, 6.07) is 48.9. The lowest BCUT2D eigenvalue weighted by Crippen LogP contribution is -1.94. The minimum Gasteiger partial charge on any atom is -0.246 e. The van der Waals surface area contributed by atoms with E-state index < -0.39 is 0 Å². The molecule has 0 saturated heterocycles. The second-order valence-corrected chi connectivity index (χ2v) is 13.0. The van der Waals surface area contributed by atoms with Crippen LogP contribution in [0.2, 0.25) is 0 Å². The number of fused-ring (bicyclic) bond motifs is 7. The van der Waals surface area contributed by atoms with Gasteiger partial charge in [0.15, 0.2) is 0 Å². The molecule has 5 aromatic carbocycles. The van der Waals surface area contributed by atoms with Gasteiger partial charge in [-0.3, -0.25) is 0 Å². The van der Waals surface area contributed by atoms with Crippen LogP contribution in [-0.2, 0) is 0 Å². The molecule has 0 atom stereocenters. The Kier molecular flexibility index (Phi) is 6.85. The zero-order chi connectivity index (χ0) is 33.7. The molecule has 0 radical (unpaired) electrons. The van der Waals surface area contributed by atoms with E-state index in [9.17, 15) is 0 Å². The Morgan fingerprint density at radius 3 is 1.80 bits per heavy atom. The highest BCUT2D eigenvalue weighted by Gasteiger charge is 2.16. The summed E-state index contributed by atoms with van der Waals surface area (Å²) < 4.78 is 0. The van der Waals surface area contributed by atoms with Crippen LogP contribution in [0.1, 0.15) is 12.1 Å². The van der Waals surface area contributed by atoms with Crippen LogP contribution in [0.5, 0.6) is 0 Å². The van der Waals surface area contributed by atoms with Gasteiger partial charge in [0, 0.05) is 43.6 Å². The van der Waals surface area contributed by atoms with Gasteiger partial charge in [-0.1, -0.05) is 140 Å². The zero-order valence-electron chi connectivity index (χ0n) is 27.7. The molecule has 0 unspecified atom stereocenters. The van der Waals surface area contributed by atoms with Gasteiger partial charge in [0.1, 0.15) is 0 Å². The van der Waals surface area contributed by atoms with Crippen molar-refractivity contribution in [2.24, 2.45) is 0 Å². The van der Waals surface area contributed by atoms with Gasteiger partial charge in [-0.2, -0.15) is 0 Å². The van der Waals surface area contributed by atoms with Gasteiger partial charge < -0.3 is 0 Å². The van der Waals surface area contributed by atoms with Crippen LogP contribution < -0.4 is 0 Å². The molecule has 238 valence electrons. The van der Waals surface area contributed by atoms with Crippen LogP contribution >= 0.6 is 0 Å². The zero-order valence-corrected chi connectivity index (χ0v) is 27.7. The van der Waals surface area contributed by atoms with Crippen molar-refractivity contribution >= 4 is 60.1 Å². The monoisotopic (exact) mass is 650 g/mol. The van der Waals surface area contributed by atoms with Crippen molar-refractivity contribution in [3.05, 3.63) is 176 Å². The lowest BCUT2D eigenvalue weighted by Gasteiger charge is -2.14. The molecule has 0 bridgehead atoms. The molecule has 0 fully saturated rings. The molecule has 4 aromatic heterocycles. The molecular formula is C47H30N4. The fraction of sp³-hybridized carbons (Fsp3) is 0.0213. The van der Waals surface area contributed by atoms with Crippen molar-refractivity contribution in [3.63, 3.8) is 0 Å². The quantitative estimate of drug-likeness (QED) is 0.140. The van der Waals surface area contributed by atoms with Crippen LogP contribution in [0.3, 0.4) is 0 Å². The average molecular weight is 651 g/mol. The molecule has 1 aliphatic carbocycles. The summed E-state index contributed by atoms with van der Waals surface area (Å²) in [6.07, 6.45) is 11.4. The summed E-state index contributed by atoms with van der Waals surface area (Å²) in [7, 11) is 0. The molecule has 10 rings (SSSR count).